The van der Waals surface area contributed by atoms with Gasteiger partial charge in [-0.15, -0.1) is 0 Å². The van der Waals surface area contributed by atoms with Gasteiger partial charge in [0.25, 0.3) is 0 Å². The van der Waals surface area contributed by atoms with Crippen LogP contribution in [0, 0.1) is 0 Å². The van der Waals surface area contributed by atoms with E-state index >= 15 is 0 Å². The summed E-state index contributed by atoms with van der Waals surface area (Å²) in [6, 6.07) is 3.53. The van der Waals surface area contributed by atoms with Crippen molar-refractivity contribution >= 4 is 21.6 Å². The Morgan fingerprint density at radius 2 is 0.808 bits per heavy atom. The van der Waals surface area contributed by atoms with Crippen LogP contribution in [0.2, 0.25) is 0 Å². The predicted octanol–water partition coefficient (Wildman–Crippen LogP) is 2.98. The van der Waals surface area contributed by atoms with Gasteiger partial charge < -0.3 is 0 Å². The van der Waals surface area contributed by atoms with Crippen LogP contribution in [-0.4, -0.2) is 39.9 Å². The van der Waals surface area contributed by atoms with Crippen molar-refractivity contribution in [1.29, 1.82) is 0 Å². The normalized spacial score (nSPS) is 10.6. The van der Waals surface area contributed by atoms with Crippen LogP contribution in [0.3, 0.4) is 0 Å². The molecule has 0 aliphatic rings. The van der Waals surface area contributed by atoms with Crippen molar-refractivity contribution < 1.29 is 0 Å². The minimum atomic E-state index is 0.596. The number of nitrogens with zero attached hydrogens (tertiary/aromatic N) is 8. The fraction of sp³-hybridized carbons (Fsp3) is 0. The second-order valence-electron chi connectivity index (χ2n) is 4.82. The molecule has 4 aromatic rings. The van der Waals surface area contributed by atoms with Crippen LogP contribution in [0.25, 0.3) is 22.8 Å². The molecule has 0 bridgehead atoms. The SMILES string of the molecule is c1cnc(-c2cnc(SSc3ncc(-c4ncccn4)cn3)nc2)nc1. The van der Waals surface area contributed by atoms with E-state index in [1.807, 2.05) is 0 Å². The van der Waals surface area contributed by atoms with Crippen LogP contribution in [0.1, 0.15) is 0 Å². The van der Waals surface area contributed by atoms with Crippen LogP contribution < -0.4 is 0 Å². The van der Waals surface area contributed by atoms with Crippen LogP contribution in [0.4, 0.5) is 0 Å². The van der Waals surface area contributed by atoms with E-state index in [1.165, 1.54) is 21.6 Å². The molecule has 26 heavy (non-hydrogen) atoms. The molecule has 0 aliphatic heterocycles. The third kappa shape index (κ3) is 3.98. The van der Waals surface area contributed by atoms with E-state index in [4.69, 9.17) is 0 Å². The molecule has 4 aromatic heterocycles. The van der Waals surface area contributed by atoms with Crippen molar-refractivity contribution in [2.45, 2.75) is 10.3 Å². The Balaban J connectivity index is 1.40. The molecule has 4 rings (SSSR count). The minimum absolute atomic E-state index is 0.596. The van der Waals surface area contributed by atoms with E-state index in [1.54, 1.807) is 61.7 Å². The first-order chi connectivity index (χ1) is 12.9. The van der Waals surface area contributed by atoms with Gasteiger partial charge in [0.2, 0.25) is 0 Å². The lowest BCUT2D eigenvalue weighted by Crippen LogP contribution is -1.92. The average Bonchev–Trinajstić information content (AvgIpc) is 2.74. The van der Waals surface area contributed by atoms with Gasteiger partial charge in [-0.05, 0) is 33.7 Å². The zero-order chi connectivity index (χ0) is 17.6. The van der Waals surface area contributed by atoms with Gasteiger partial charge in [-0.1, -0.05) is 0 Å². The van der Waals surface area contributed by atoms with Crippen molar-refractivity contribution in [2.75, 3.05) is 0 Å². The molecule has 0 N–H and O–H groups in total. The third-order valence-electron chi connectivity index (χ3n) is 3.09. The number of hydrogen-bond donors (Lipinski definition) is 0. The smallest absolute Gasteiger partial charge is 0.198 e. The molecule has 0 spiro atoms. The van der Waals surface area contributed by atoms with Gasteiger partial charge in [0.05, 0.1) is 11.1 Å². The van der Waals surface area contributed by atoms with E-state index in [0.717, 1.165) is 11.1 Å². The van der Waals surface area contributed by atoms with E-state index in [0.29, 0.717) is 22.0 Å². The van der Waals surface area contributed by atoms with Crippen molar-refractivity contribution in [2.24, 2.45) is 0 Å². The maximum Gasteiger partial charge on any atom is 0.198 e. The average molecular weight is 378 g/mol. The summed E-state index contributed by atoms with van der Waals surface area (Å²) in [5, 5.41) is 1.21. The highest BCUT2D eigenvalue weighted by Gasteiger charge is 2.07. The molecule has 0 aromatic carbocycles. The summed E-state index contributed by atoms with van der Waals surface area (Å²) in [5.74, 6) is 1.19. The van der Waals surface area contributed by atoms with Crippen LogP contribution in [-0.2, 0) is 0 Å². The summed E-state index contributed by atoms with van der Waals surface area (Å²) >= 11 is 0. The number of aromatic nitrogens is 8. The minimum Gasteiger partial charge on any atom is -0.236 e. The maximum absolute atomic E-state index is 4.31. The van der Waals surface area contributed by atoms with Crippen molar-refractivity contribution in [3.63, 3.8) is 0 Å². The highest BCUT2D eigenvalue weighted by Crippen LogP contribution is 2.33. The summed E-state index contributed by atoms with van der Waals surface area (Å²) in [5.41, 5.74) is 1.53. The molecule has 0 unspecified atom stereocenters. The first kappa shape index (κ1) is 16.5. The van der Waals surface area contributed by atoms with E-state index in [-0.39, 0.29) is 0 Å². The molecule has 0 radical (unpaired) electrons. The summed E-state index contributed by atoms with van der Waals surface area (Å²) in [6.07, 6.45) is 13.5. The second-order valence-corrected chi connectivity index (χ2v) is 6.88. The summed E-state index contributed by atoms with van der Waals surface area (Å²) < 4.78 is 0. The van der Waals surface area contributed by atoms with Gasteiger partial charge in [0.15, 0.2) is 22.0 Å². The van der Waals surface area contributed by atoms with Crippen molar-refractivity contribution in [1.82, 2.24) is 39.9 Å². The first-order valence-electron chi connectivity index (χ1n) is 7.42. The lowest BCUT2D eigenvalue weighted by atomic mass is 10.3. The lowest BCUT2D eigenvalue weighted by Gasteiger charge is -2.02. The van der Waals surface area contributed by atoms with Gasteiger partial charge in [-0.3, -0.25) is 0 Å². The van der Waals surface area contributed by atoms with Crippen LogP contribution >= 0.6 is 21.6 Å². The highest BCUT2D eigenvalue weighted by atomic mass is 33.1. The van der Waals surface area contributed by atoms with Crippen LogP contribution in [0.15, 0.2) is 72.0 Å². The Labute approximate surface area is 156 Å². The summed E-state index contributed by atoms with van der Waals surface area (Å²) in [6.45, 7) is 0. The van der Waals surface area contributed by atoms with E-state index < -0.39 is 0 Å². The van der Waals surface area contributed by atoms with Crippen LogP contribution in [0.5, 0.6) is 0 Å². The van der Waals surface area contributed by atoms with Crippen molar-refractivity contribution in [3.05, 3.63) is 61.7 Å². The Morgan fingerprint density at radius 3 is 1.15 bits per heavy atom. The zero-order valence-corrected chi connectivity index (χ0v) is 14.8. The largest absolute Gasteiger partial charge is 0.236 e. The van der Waals surface area contributed by atoms with Gasteiger partial charge in [0.1, 0.15) is 0 Å². The fourth-order valence-electron chi connectivity index (χ4n) is 1.92. The molecule has 8 nitrogen and oxygen atoms in total. The zero-order valence-electron chi connectivity index (χ0n) is 13.2. The monoisotopic (exact) mass is 378 g/mol. The highest BCUT2D eigenvalue weighted by molar-refractivity contribution is 8.76. The predicted molar refractivity (Wildman–Crippen MR) is 97.8 cm³/mol. The van der Waals surface area contributed by atoms with E-state index in [9.17, 15) is 0 Å². The second kappa shape index (κ2) is 7.93. The molecule has 0 aliphatic carbocycles. The lowest BCUT2D eigenvalue weighted by molar-refractivity contribution is 0.962. The molecular weight excluding hydrogens is 368 g/mol. The quantitative estimate of drug-likeness (QED) is 0.380. The molecule has 0 amide bonds. The van der Waals surface area contributed by atoms with Gasteiger partial charge >= 0.3 is 0 Å². The molecule has 0 saturated heterocycles. The summed E-state index contributed by atoms with van der Waals surface area (Å²) in [7, 11) is 2.75. The molecule has 0 atom stereocenters. The maximum atomic E-state index is 4.31. The molecule has 4 heterocycles. The van der Waals surface area contributed by atoms with Crippen molar-refractivity contribution in [3.8, 4) is 22.8 Å². The fourth-order valence-corrected chi connectivity index (χ4v) is 3.42. The Morgan fingerprint density at radius 1 is 0.462 bits per heavy atom. The molecule has 126 valence electrons. The number of hydrogen-bond acceptors (Lipinski definition) is 10. The Hall–Kier alpha value is -2.98. The summed E-state index contributed by atoms with van der Waals surface area (Å²) in [4.78, 5) is 33.9. The Kier molecular flexibility index (Phi) is 5.03. The third-order valence-corrected chi connectivity index (χ3v) is 5.04. The first-order valence-corrected chi connectivity index (χ1v) is 9.57. The molecule has 0 saturated carbocycles. The van der Waals surface area contributed by atoms with E-state index in [2.05, 4.69) is 39.9 Å². The Bertz CT molecular complexity index is 883. The number of rotatable bonds is 5. The standard InChI is InChI=1S/C16H10N8S2/c1-3-17-13(18-4-1)11-7-21-15(22-8-11)25-26-16-23-9-12(10-24-16)14-19-5-2-6-20-14/h1-10H. The molecular formula is C16H10N8S2. The van der Waals surface area contributed by atoms with Gasteiger partial charge in [-0.25, -0.2) is 39.9 Å². The van der Waals surface area contributed by atoms with Gasteiger partial charge in [-0.2, -0.15) is 0 Å². The molecule has 10 heteroatoms. The molecule has 0 fully saturated rings. The topological polar surface area (TPSA) is 103 Å². The van der Waals surface area contributed by atoms with Gasteiger partial charge in [0, 0.05) is 49.6 Å².